The van der Waals surface area contributed by atoms with E-state index < -0.39 is 12.0 Å². The van der Waals surface area contributed by atoms with Crippen molar-refractivity contribution in [3.05, 3.63) is 29.3 Å². The van der Waals surface area contributed by atoms with Crippen LogP contribution in [-0.4, -0.2) is 40.4 Å². The van der Waals surface area contributed by atoms with Gasteiger partial charge in [0.2, 0.25) is 11.8 Å². The number of benzene rings is 1. The molecule has 0 saturated carbocycles. The van der Waals surface area contributed by atoms with Crippen molar-refractivity contribution >= 4 is 23.5 Å². The van der Waals surface area contributed by atoms with Gasteiger partial charge in [0.05, 0.1) is 6.54 Å². The average molecular weight is 303 g/mol. The molecule has 1 saturated heterocycles. The highest BCUT2D eigenvalue weighted by atomic mass is 16.4. The van der Waals surface area contributed by atoms with Crippen molar-refractivity contribution < 1.29 is 19.5 Å². The molecule has 0 aliphatic carbocycles. The van der Waals surface area contributed by atoms with Crippen LogP contribution in [-0.2, 0) is 27.5 Å². The van der Waals surface area contributed by atoms with E-state index in [1.165, 1.54) is 0 Å². The molecule has 0 radical (unpaired) electrons. The Bertz CT molecular complexity index is 644. The molecule has 1 unspecified atom stereocenters. The van der Waals surface area contributed by atoms with Gasteiger partial charge in [-0.25, -0.2) is 0 Å². The number of hydrogen-bond donors (Lipinski definition) is 3. The minimum Gasteiger partial charge on any atom is -0.480 e. The Balaban J connectivity index is 1.67. The fraction of sp³-hybridized carbons (Fsp3) is 0.400. The number of imide groups is 1. The number of carbonyl (C=O) groups excluding carboxylic acids is 2. The number of carbonyl (C=O) groups is 3. The summed E-state index contributed by atoms with van der Waals surface area (Å²) < 4.78 is 0. The van der Waals surface area contributed by atoms with Crippen LogP contribution in [0.5, 0.6) is 0 Å². The van der Waals surface area contributed by atoms with Crippen LogP contribution >= 0.6 is 0 Å². The summed E-state index contributed by atoms with van der Waals surface area (Å²) >= 11 is 0. The smallest absolute Gasteiger partial charge is 0.317 e. The third kappa shape index (κ3) is 3.09. The quantitative estimate of drug-likeness (QED) is 0.692. The topological polar surface area (TPSA) is 98.7 Å². The molecule has 2 heterocycles. The SMILES string of the molecule is O=C(O)CN1Cc2ccc(NC3CCC(=O)NC3=O)cc2C1. The molecule has 1 aromatic rings. The van der Waals surface area contributed by atoms with E-state index in [2.05, 4.69) is 10.6 Å². The molecule has 7 heteroatoms. The Labute approximate surface area is 127 Å². The molecule has 2 aliphatic rings. The highest BCUT2D eigenvalue weighted by molar-refractivity contribution is 6.01. The first kappa shape index (κ1) is 14.5. The van der Waals surface area contributed by atoms with Gasteiger partial charge >= 0.3 is 5.97 Å². The zero-order valence-electron chi connectivity index (χ0n) is 12.0. The van der Waals surface area contributed by atoms with E-state index in [1.54, 1.807) is 0 Å². The number of anilines is 1. The van der Waals surface area contributed by atoms with Gasteiger partial charge in [0.15, 0.2) is 0 Å². The van der Waals surface area contributed by atoms with Gasteiger partial charge in [-0.1, -0.05) is 6.07 Å². The Hall–Kier alpha value is -2.41. The lowest BCUT2D eigenvalue weighted by Gasteiger charge is -2.23. The van der Waals surface area contributed by atoms with Crippen LogP contribution in [0.15, 0.2) is 18.2 Å². The molecule has 1 fully saturated rings. The van der Waals surface area contributed by atoms with Crippen molar-refractivity contribution in [1.82, 2.24) is 10.2 Å². The molecule has 116 valence electrons. The number of fused-ring (bicyclic) bond motifs is 1. The predicted octanol–water partition coefficient (Wildman–Crippen LogP) is 0.304. The van der Waals surface area contributed by atoms with Crippen LogP contribution < -0.4 is 10.6 Å². The van der Waals surface area contributed by atoms with E-state index >= 15 is 0 Å². The second-order valence-electron chi connectivity index (χ2n) is 5.67. The number of hydrogen-bond acceptors (Lipinski definition) is 5. The number of carboxylic acids is 1. The van der Waals surface area contributed by atoms with Gasteiger partial charge in [0.25, 0.3) is 0 Å². The molecule has 0 bridgehead atoms. The molecule has 3 rings (SSSR count). The fourth-order valence-electron chi connectivity index (χ4n) is 2.89. The van der Waals surface area contributed by atoms with E-state index in [9.17, 15) is 14.4 Å². The minimum atomic E-state index is -0.838. The van der Waals surface area contributed by atoms with Crippen LogP contribution in [0.25, 0.3) is 0 Å². The van der Waals surface area contributed by atoms with Crippen LogP contribution in [0.4, 0.5) is 5.69 Å². The normalized spacial score (nSPS) is 21.4. The molecule has 2 amide bonds. The molecule has 3 N–H and O–H groups in total. The van der Waals surface area contributed by atoms with Crippen molar-refractivity contribution in [2.45, 2.75) is 32.0 Å². The van der Waals surface area contributed by atoms with E-state index in [0.717, 1.165) is 16.8 Å². The van der Waals surface area contributed by atoms with Gasteiger partial charge in [-0.3, -0.25) is 24.6 Å². The number of piperidine rings is 1. The first-order valence-corrected chi connectivity index (χ1v) is 7.17. The van der Waals surface area contributed by atoms with Crippen molar-refractivity contribution in [2.24, 2.45) is 0 Å². The fourth-order valence-corrected chi connectivity index (χ4v) is 2.89. The Morgan fingerprint density at radius 2 is 2.09 bits per heavy atom. The van der Waals surface area contributed by atoms with Crippen molar-refractivity contribution in [3.8, 4) is 0 Å². The van der Waals surface area contributed by atoms with Gasteiger partial charge < -0.3 is 10.4 Å². The van der Waals surface area contributed by atoms with E-state index in [4.69, 9.17) is 5.11 Å². The highest BCUT2D eigenvalue weighted by Crippen LogP contribution is 2.26. The van der Waals surface area contributed by atoms with Gasteiger partial charge in [-0.05, 0) is 29.7 Å². The second-order valence-corrected chi connectivity index (χ2v) is 5.67. The average Bonchev–Trinajstić information content (AvgIpc) is 2.82. The van der Waals surface area contributed by atoms with Gasteiger partial charge in [0.1, 0.15) is 6.04 Å². The van der Waals surface area contributed by atoms with Crippen molar-refractivity contribution in [2.75, 3.05) is 11.9 Å². The maximum Gasteiger partial charge on any atom is 0.317 e. The highest BCUT2D eigenvalue weighted by Gasteiger charge is 2.27. The van der Waals surface area contributed by atoms with Crippen LogP contribution in [0.3, 0.4) is 0 Å². The monoisotopic (exact) mass is 303 g/mol. The molecule has 2 aliphatic heterocycles. The molecule has 22 heavy (non-hydrogen) atoms. The van der Waals surface area contributed by atoms with Crippen LogP contribution in [0.2, 0.25) is 0 Å². The number of amides is 2. The lowest BCUT2D eigenvalue weighted by atomic mass is 10.0. The molecule has 1 aromatic carbocycles. The van der Waals surface area contributed by atoms with Gasteiger partial charge in [-0.15, -0.1) is 0 Å². The number of carboxylic acid groups (broad SMARTS) is 1. The molecular formula is C15H17N3O4. The summed E-state index contributed by atoms with van der Waals surface area (Å²) in [5.41, 5.74) is 2.99. The number of nitrogens with one attached hydrogen (secondary N) is 2. The Morgan fingerprint density at radius 3 is 2.82 bits per heavy atom. The minimum absolute atomic E-state index is 0.0184. The maximum absolute atomic E-state index is 11.7. The molecule has 0 spiro atoms. The van der Waals surface area contributed by atoms with E-state index in [-0.39, 0.29) is 18.4 Å². The summed E-state index contributed by atoms with van der Waals surface area (Å²) in [6.07, 6.45) is 0.813. The summed E-state index contributed by atoms with van der Waals surface area (Å²) in [6.45, 7) is 1.23. The first-order valence-electron chi connectivity index (χ1n) is 7.17. The van der Waals surface area contributed by atoms with Crippen LogP contribution in [0, 0.1) is 0 Å². The van der Waals surface area contributed by atoms with Crippen molar-refractivity contribution in [1.29, 1.82) is 0 Å². The van der Waals surface area contributed by atoms with E-state index in [0.29, 0.717) is 25.9 Å². The second kappa shape index (κ2) is 5.76. The first-order chi connectivity index (χ1) is 10.5. The largest absolute Gasteiger partial charge is 0.480 e. The van der Waals surface area contributed by atoms with Crippen molar-refractivity contribution in [3.63, 3.8) is 0 Å². The summed E-state index contributed by atoms with van der Waals surface area (Å²) in [6, 6.07) is 5.37. The zero-order valence-corrected chi connectivity index (χ0v) is 12.0. The lowest BCUT2D eigenvalue weighted by molar-refractivity contribution is -0.138. The third-order valence-electron chi connectivity index (χ3n) is 3.93. The predicted molar refractivity (Wildman–Crippen MR) is 78.0 cm³/mol. The molecule has 0 aromatic heterocycles. The lowest BCUT2D eigenvalue weighted by Crippen LogP contribution is -2.47. The third-order valence-corrected chi connectivity index (χ3v) is 3.93. The van der Waals surface area contributed by atoms with Crippen LogP contribution in [0.1, 0.15) is 24.0 Å². The molecule has 1 atom stereocenters. The number of nitrogens with zero attached hydrogens (tertiary/aromatic N) is 1. The Morgan fingerprint density at radius 1 is 1.32 bits per heavy atom. The summed E-state index contributed by atoms with van der Waals surface area (Å²) in [5.74, 6) is -1.37. The number of rotatable bonds is 4. The molecular weight excluding hydrogens is 286 g/mol. The number of aliphatic carboxylic acids is 1. The maximum atomic E-state index is 11.7. The summed E-state index contributed by atoms with van der Waals surface area (Å²) in [4.78, 5) is 35.5. The standard InChI is InChI=1S/C15H17N3O4/c19-13-4-3-12(15(22)17-13)16-11-2-1-9-6-18(8-14(20)21)7-10(9)5-11/h1-2,5,12,16H,3-4,6-8H2,(H,20,21)(H,17,19,22). The Kier molecular flexibility index (Phi) is 3.81. The van der Waals surface area contributed by atoms with Gasteiger partial charge in [0, 0.05) is 25.2 Å². The summed E-state index contributed by atoms with van der Waals surface area (Å²) in [5, 5.41) is 14.3. The summed E-state index contributed by atoms with van der Waals surface area (Å²) in [7, 11) is 0. The van der Waals surface area contributed by atoms with E-state index in [1.807, 2.05) is 23.1 Å². The molecule has 7 nitrogen and oxygen atoms in total. The van der Waals surface area contributed by atoms with Gasteiger partial charge in [-0.2, -0.15) is 0 Å². The zero-order chi connectivity index (χ0) is 15.7.